The van der Waals surface area contributed by atoms with Gasteiger partial charge in [0.2, 0.25) is 0 Å². The topological polar surface area (TPSA) is 56.9 Å². The Morgan fingerprint density at radius 1 is 1.00 bits per heavy atom. The van der Waals surface area contributed by atoms with Crippen LogP contribution in [0.5, 0.6) is 0 Å². The summed E-state index contributed by atoms with van der Waals surface area (Å²) in [5, 5.41) is 10.1. The van der Waals surface area contributed by atoms with Gasteiger partial charge in [0.15, 0.2) is 0 Å². The number of piperidine rings is 1. The Morgan fingerprint density at radius 3 is 2.48 bits per heavy atom. The van der Waals surface area contributed by atoms with Crippen molar-refractivity contribution in [3.8, 4) is 11.3 Å². The van der Waals surface area contributed by atoms with Crippen LogP contribution >= 0.6 is 0 Å². The van der Waals surface area contributed by atoms with Gasteiger partial charge in [-0.1, -0.05) is 24.3 Å². The summed E-state index contributed by atoms with van der Waals surface area (Å²) in [7, 11) is 0. The fourth-order valence-electron chi connectivity index (χ4n) is 4.41. The van der Waals surface area contributed by atoms with Gasteiger partial charge in [0.25, 0.3) is 0 Å². The van der Waals surface area contributed by atoms with Crippen LogP contribution in [0.4, 0.5) is 5.69 Å². The number of rotatable bonds is 5. The van der Waals surface area contributed by atoms with Crippen molar-refractivity contribution in [1.29, 1.82) is 0 Å². The maximum Gasteiger partial charge on any atom is 0.309 e. The number of benzene rings is 2. The van der Waals surface area contributed by atoms with Crippen LogP contribution in [0.3, 0.4) is 0 Å². The Bertz CT molecular complexity index is 1010. The zero-order valence-electron chi connectivity index (χ0n) is 16.5. The van der Waals surface area contributed by atoms with Crippen LogP contribution in [0.1, 0.15) is 24.8 Å². The summed E-state index contributed by atoms with van der Waals surface area (Å²) in [5.74, 6) is -0.0122. The van der Waals surface area contributed by atoms with Crippen molar-refractivity contribution in [2.75, 3.05) is 31.1 Å². The summed E-state index contributed by atoms with van der Waals surface area (Å²) in [5.41, 5.74) is 4.47. The number of likely N-dealkylation sites (tertiary alicyclic amines) is 1. The van der Waals surface area contributed by atoms with Gasteiger partial charge in [-0.05, 0) is 49.1 Å². The molecule has 0 saturated carbocycles. The number of carboxylic acids is 1. The summed E-state index contributed by atoms with van der Waals surface area (Å²) in [4.78, 5) is 15.6. The van der Waals surface area contributed by atoms with Crippen LogP contribution in [0.15, 0.2) is 52.9 Å². The van der Waals surface area contributed by atoms with Gasteiger partial charge >= 0.3 is 5.97 Å². The number of carboxylic acid groups (broad SMARTS) is 1. The second kappa shape index (κ2) is 7.56. The summed E-state index contributed by atoms with van der Waals surface area (Å²) in [6, 6.07) is 17.0. The van der Waals surface area contributed by atoms with Gasteiger partial charge < -0.3 is 14.4 Å². The van der Waals surface area contributed by atoms with E-state index >= 15 is 0 Å². The Morgan fingerprint density at radius 2 is 1.76 bits per heavy atom. The fourth-order valence-corrected chi connectivity index (χ4v) is 4.41. The molecule has 1 N–H and O–H groups in total. The van der Waals surface area contributed by atoms with Crippen molar-refractivity contribution in [3.05, 3.63) is 54.1 Å². The molecule has 0 spiro atoms. The van der Waals surface area contributed by atoms with Gasteiger partial charge in [-0.15, -0.1) is 0 Å². The van der Waals surface area contributed by atoms with Crippen LogP contribution in [0.25, 0.3) is 22.3 Å². The quantitative estimate of drug-likeness (QED) is 0.690. The summed E-state index contributed by atoms with van der Waals surface area (Å²) < 4.78 is 6.10. The first-order valence-corrected chi connectivity index (χ1v) is 10.5. The lowest BCUT2D eigenvalue weighted by molar-refractivity contribution is -0.147. The Balaban J connectivity index is 1.29. The molecule has 2 aliphatic heterocycles. The molecule has 3 heterocycles. The van der Waals surface area contributed by atoms with E-state index in [1.807, 2.05) is 0 Å². The molecule has 2 saturated heterocycles. The highest BCUT2D eigenvalue weighted by atomic mass is 16.4. The lowest BCUT2D eigenvalue weighted by atomic mass is 9.99. The monoisotopic (exact) mass is 390 g/mol. The predicted octanol–water partition coefficient (Wildman–Crippen LogP) is 4.61. The molecule has 3 aromatic rings. The summed E-state index contributed by atoms with van der Waals surface area (Å²) in [6.45, 7) is 4.35. The zero-order chi connectivity index (χ0) is 19.8. The van der Waals surface area contributed by atoms with Gasteiger partial charge in [-0.3, -0.25) is 9.69 Å². The minimum Gasteiger partial charge on any atom is -0.481 e. The Kier molecular flexibility index (Phi) is 4.76. The van der Waals surface area contributed by atoms with Crippen molar-refractivity contribution in [2.24, 2.45) is 5.92 Å². The van der Waals surface area contributed by atoms with E-state index < -0.39 is 5.97 Å². The van der Waals surface area contributed by atoms with E-state index in [0.717, 1.165) is 41.9 Å². The second-order valence-electron chi connectivity index (χ2n) is 8.31. The largest absolute Gasteiger partial charge is 0.481 e. The Hall–Kier alpha value is -2.79. The fraction of sp³-hybridized carbons (Fsp3) is 0.375. The highest BCUT2D eigenvalue weighted by Gasteiger charge is 2.32. The number of anilines is 1. The number of aliphatic carboxylic acids is 1. The average molecular weight is 390 g/mol. The third kappa shape index (κ3) is 3.75. The van der Waals surface area contributed by atoms with Crippen molar-refractivity contribution >= 4 is 22.6 Å². The molecule has 0 bridgehead atoms. The second-order valence-corrected chi connectivity index (χ2v) is 8.31. The van der Waals surface area contributed by atoms with E-state index in [9.17, 15) is 4.79 Å². The van der Waals surface area contributed by atoms with Crippen LogP contribution in [-0.2, 0) is 11.3 Å². The van der Waals surface area contributed by atoms with Gasteiger partial charge in [0.1, 0.15) is 11.3 Å². The van der Waals surface area contributed by atoms with Crippen molar-refractivity contribution < 1.29 is 14.3 Å². The number of carbonyl (C=O) groups is 1. The van der Waals surface area contributed by atoms with E-state index in [1.54, 1.807) is 0 Å². The van der Waals surface area contributed by atoms with Crippen molar-refractivity contribution in [1.82, 2.24) is 4.90 Å². The third-order valence-electron chi connectivity index (χ3n) is 6.17. The number of hydrogen-bond acceptors (Lipinski definition) is 4. The molecule has 29 heavy (non-hydrogen) atoms. The smallest absolute Gasteiger partial charge is 0.309 e. The molecular weight excluding hydrogens is 364 g/mol. The van der Waals surface area contributed by atoms with E-state index in [-0.39, 0.29) is 5.92 Å². The first kappa shape index (κ1) is 18.3. The highest BCUT2D eigenvalue weighted by Crippen LogP contribution is 2.32. The van der Waals surface area contributed by atoms with E-state index in [1.165, 1.54) is 30.5 Å². The number of hydrogen-bond donors (Lipinski definition) is 1. The lowest BCUT2D eigenvalue weighted by Gasteiger charge is -2.36. The first-order valence-electron chi connectivity index (χ1n) is 10.5. The standard InChI is InChI=1S/C24H26N2O3/c27-24(28)20-15-25(16-20)14-17-4-6-18(7-5-17)23-13-19-12-21(8-9-22(19)29-23)26-10-2-1-3-11-26/h4-9,12-13,20H,1-3,10-11,14-16H2,(H,27,28). The molecule has 0 unspecified atom stereocenters. The normalized spacial score (nSPS) is 18.1. The van der Waals surface area contributed by atoms with Gasteiger partial charge in [-0.2, -0.15) is 0 Å². The van der Waals surface area contributed by atoms with Crippen LogP contribution in [0, 0.1) is 5.92 Å². The molecule has 0 amide bonds. The molecule has 5 nitrogen and oxygen atoms in total. The van der Waals surface area contributed by atoms with Crippen LogP contribution in [-0.4, -0.2) is 42.2 Å². The predicted molar refractivity (Wildman–Crippen MR) is 114 cm³/mol. The van der Waals surface area contributed by atoms with Gasteiger partial charge in [0.05, 0.1) is 5.92 Å². The van der Waals surface area contributed by atoms with Gasteiger partial charge in [0, 0.05) is 49.4 Å². The number of nitrogens with zero attached hydrogens (tertiary/aromatic N) is 2. The maximum atomic E-state index is 10.9. The minimum atomic E-state index is -0.690. The van der Waals surface area contributed by atoms with E-state index in [4.69, 9.17) is 9.52 Å². The summed E-state index contributed by atoms with van der Waals surface area (Å²) in [6.07, 6.45) is 3.88. The molecule has 5 heteroatoms. The molecule has 2 aliphatic rings. The molecule has 0 radical (unpaired) electrons. The molecule has 5 rings (SSSR count). The highest BCUT2D eigenvalue weighted by molar-refractivity contribution is 5.86. The average Bonchev–Trinajstić information content (AvgIpc) is 3.14. The molecule has 1 aromatic heterocycles. The minimum absolute atomic E-state index is 0.209. The molecule has 0 aliphatic carbocycles. The summed E-state index contributed by atoms with van der Waals surface area (Å²) >= 11 is 0. The zero-order valence-corrected chi connectivity index (χ0v) is 16.5. The van der Waals surface area contributed by atoms with Crippen LogP contribution in [0.2, 0.25) is 0 Å². The maximum absolute atomic E-state index is 10.9. The Labute approximate surface area is 170 Å². The SMILES string of the molecule is O=C(O)C1CN(Cc2ccc(-c3cc4cc(N5CCCCC5)ccc4o3)cc2)C1. The van der Waals surface area contributed by atoms with Crippen molar-refractivity contribution in [2.45, 2.75) is 25.8 Å². The lowest BCUT2D eigenvalue weighted by Crippen LogP contribution is -2.49. The van der Waals surface area contributed by atoms with E-state index in [0.29, 0.717) is 13.1 Å². The van der Waals surface area contributed by atoms with Crippen molar-refractivity contribution in [3.63, 3.8) is 0 Å². The molecule has 150 valence electrons. The molecule has 2 fully saturated rings. The number of fused-ring (bicyclic) bond motifs is 1. The first-order chi connectivity index (χ1) is 14.2. The third-order valence-corrected chi connectivity index (χ3v) is 6.17. The molecule has 2 aromatic carbocycles. The van der Waals surface area contributed by atoms with Gasteiger partial charge in [-0.25, -0.2) is 0 Å². The molecule has 0 atom stereocenters. The molecular formula is C24H26N2O3. The number of furan rings is 1. The van der Waals surface area contributed by atoms with Crippen LogP contribution < -0.4 is 4.90 Å². The van der Waals surface area contributed by atoms with E-state index in [2.05, 4.69) is 58.3 Å².